The minimum absolute atomic E-state index is 0.167. The lowest BCUT2D eigenvalue weighted by Crippen LogP contribution is -2.26. The van der Waals surface area contributed by atoms with E-state index in [1.165, 1.54) is 0 Å². The van der Waals surface area contributed by atoms with Crippen molar-refractivity contribution in [2.24, 2.45) is 0 Å². The van der Waals surface area contributed by atoms with Crippen molar-refractivity contribution in [3.63, 3.8) is 0 Å². The first kappa shape index (κ1) is 14.4. The van der Waals surface area contributed by atoms with E-state index in [0.717, 1.165) is 12.1 Å². The summed E-state index contributed by atoms with van der Waals surface area (Å²) in [6, 6.07) is 5.21. The van der Waals surface area contributed by atoms with Gasteiger partial charge < -0.3 is 14.0 Å². The Kier molecular flexibility index (Phi) is 6.12. The first-order chi connectivity index (χ1) is 8.70. The lowest BCUT2D eigenvalue weighted by molar-refractivity contribution is 0.0969. The zero-order valence-corrected chi connectivity index (χ0v) is 10.8. The maximum atomic E-state index is 11.9. The second kappa shape index (κ2) is 7.64. The second-order valence-corrected chi connectivity index (χ2v) is 3.92. The summed E-state index contributed by atoms with van der Waals surface area (Å²) in [6.45, 7) is 4.04. The normalized spacial score (nSPS) is 10.3. The molecular formula is C13H18N2O3. The van der Waals surface area contributed by atoms with Crippen LogP contribution in [0.1, 0.15) is 17.7 Å². The van der Waals surface area contributed by atoms with Gasteiger partial charge in [-0.15, -0.1) is 0 Å². The average molecular weight is 250 g/mol. The zero-order valence-electron chi connectivity index (χ0n) is 10.8. The first-order valence-corrected chi connectivity index (χ1v) is 5.88. The predicted molar refractivity (Wildman–Crippen MR) is 67.5 cm³/mol. The van der Waals surface area contributed by atoms with Crippen molar-refractivity contribution in [3.8, 4) is 6.07 Å². The number of ether oxygens (including phenoxy) is 2. The van der Waals surface area contributed by atoms with Gasteiger partial charge in [0.1, 0.15) is 11.6 Å². The van der Waals surface area contributed by atoms with Crippen LogP contribution in [0.2, 0.25) is 0 Å². The number of aryl methyl sites for hydroxylation is 1. The Morgan fingerprint density at radius 3 is 2.78 bits per heavy atom. The largest absolute Gasteiger partial charge is 0.385 e. The quantitative estimate of drug-likeness (QED) is 0.679. The first-order valence-electron chi connectivity index (χ1n) is 5.88. The van der Waals surface area contributed by atoms with E-state index in [4.69, 9.17) is 14.7 Å². The summed E-state index contributed by atoms with van der Waals surface area (Å²) in [4.78, 5) is 11.9. The van der Waals surface area contributed by atoms with Crippen LogP contribution in [0.5, 0.6) is 0 Å². The van der Waals surface area contributed by atoms with E-state index < -0.39 is 0 Å². The van der Waals surface area contributed by atoms with Crippen LogP contribution in [0.3, 0.4) is 0 Å². The van der Waals surface area contributed by atoms with Gasteiger partial charge in [-0.25, -0.2) is 0 Å². The minimum atomic E-state index is -0.252. The molecule has 1 aromatic rings. The number of hydrogen-bond acceptors (Lipinski definition) is 4. The van der Waals surface area contributed by atoms with Crippen molar-refractivity contribution in [1.29, 1.82) is 5.26 Å². The third-order valence-electron chi connectivity index (χ3n) is 2.61. The molecular weight excluding hydrogens is 232 g/mol. The van der Waals surface area contributed by atoms with Gasteiger partial charge in [0.15, 0.2) is 0 Å². The molecule has 0 bridgehead atoms. The third kappa shape index (κ3) is 3.99. The van der Waals surface area contributed by atoms with Crippen LogP contribution in [0, 0.1) is 18.3 Å². The highest BCUT2D eigenvalue weighted by atomic mass is 16.5. The van der Waals surface area contributed by atoms with Gasteiger partial charge in [-0.1, -0.05) is 0 Å². The van der Waals surface area contributed by atoms with Crippen molar-refractivity contribution in [1.82, 2.24) is 4.57 Å². The Morgan fingerprint density at radius 2 is 2.11 bits per heavy atom. The van der Waals surface area contributed by atoms with Gasteiger partial charge in [-0.2, -0.15) is 5.26 Å². The Morgan fingerprint density at radius 1 is 1.33 bits per heavy atom. The van der Waals surface area contributed by atoms with Crippen LogP contribution in [0.4, 0.5) is 0 Å². The van der Waals surface area contributed by atoms with E-state index in [1.54, 1.807) is 23.8 Å². The highest BCUT2D eigenvalue weighted by Gasteiger charge is 2.05. The topological polar surface area (TPSA) is 64.2 Å². The van der Waals surface area contributed by atoms with Gasteiger partial charge in [-0.3, -0.25) is 4.79 Å². The molecule has 0 aliphatic heterocycles. The molecule has 0 saturated heterocycles. The molecule has 0 spiro atoms. The minimum Gasteiger partial charge on any atom is -0.385 e. The lowest BCUT2D eigenvalue weighted by atomic mass is 10.2. The fourth-order valence-corrected chi connectivity index (χ4v) is 1.60. The van der Waals surface area contributed by atoms with Crippen LogP contribution in [0.25, 0.3) is 0 Å². The average Bonchev–Trinajstić information content (AvgIpc) is 2.37. The van der Waals surface area contributed by atoms with Crippen molar-refractivity contribution >= 4 is 0 Å². The molecule has 1 heterocycles. The number of rotatable bonds is 7. The Bertz CT molecular complexity index is 474. The van der Waals surface area contributed by atoms with Crippen molar-refractivity contribution in [2.45, 2.75) is 19.9 Å². The molecule has 0 aromatic carbocycles. The van der Waals surface area contributed by atoms with Crippen LogP contribution in [0.15, 0.2) is 16.9 Å². The lowest BCUT2D eigenvalue weighted by Gasteiger charge is -2.10. The van der Waals surface area contributed by atoms with E-state index in [-0.39, 0.29) is 11.1 Å². The van der Waals surface area contributed by atoms with Crippen LogP contribution >= 0.6 is 0 Å². The number of aromatic nitrogens is 1. The number of pyridine rings is 1. The van der Waals surface area contributed by atoms with Gasteiger partial charge in [0.25, 0.3) is 5.56 Å². The van der Waals surface area contributed by atoms with Gasteiger partial charge >= 0.3 is 0 Å². The van der Waals surface area contributed by atoms with Crippen LogP contribution in [-0.2, 0) is 16.0 Å². The molecule has 5 heteroatoms. The molecule has 0 fully saturated rings. The second-order valence-electron chi connectivity index (χ2n) is 3.92. The molecule has 0 atom stereocenters. The Balaban J connectivity index is 2.52. The number of nitriles is 1. The van der Waals surface area contributed by atoms with Crippen molar-refractivity contribution < 1.29 is 9.47 Å². The fourth-order valence-electron chi connectivity index (χ4n) is 1.60. The molecule has 18 heavy (non-hydrogen) atoms. The molecule has 1 rings (SSSR count). The van der Waals surface area contributed by atoms with E-state index in [2.05, 4.69) is 0 Å². The molecule has 1 aromatic heterocycles. The van der Waals surface area contributed by atoms with E-state index in [0.29, 0.717) is 26.4 Å². The number of methoxy groups -OCH3 is 1. The van der Waals surface area contributed by atoms with Crippen molar-refractivity contribution in [2.75, 3.05) is 26.9 Å². The van der Waals surface area contributed by atoms with Crippen molar-refractivity contribution in [3.05, 3.63) is 33.7 Å². The van der Waals surface area contributed by atoms with Gasteiger partial charge in [-0.05, 0) is 25.5 Å². The fraction of sp³-hybridized carbons (Fsp3) is 0.538. The van der Waals surface area contributed by atoms with Gasteiger partial charge in [0, 0.05) is 32.6 Å². The highest BCUT2D eigenvalue weighted by Crippen LogP contribution is 1.98. The molecule has 0 saturated carbocycles. The highest BCUT2D eigenvalue weighted by molar-refractivity contribution is 5.27. The number of nitrogens with zero attached hydrogens (tertiary/aromatic N) is 2. The summed E-state index contributed by atoms with van der Waals surface area (Å²) in [5, 5.41) is 8.79. The summed E-state index contributed by atoms with van der Waals surface area (Å²) in [7, 11) is 1.65. The molecule has 98 valence electrons. The predicted octanol–water partition coefficient (Wildman–Crippen LogP) is 1.08. The zero-order chi connectivity index (χ0) is 13.4. The van der Waals surface area contributed by atoms with E-state index in [1.807, 2.05) is 13.0 Å². The smallest absolute Gasteiger partial charge is 0.268 e. The molecule has 0 aliphatic rings. The third-order valence-corrected chi connectivity index (χ3v) is 2.61. The molecule has 0 amide bonds. The maximum absolute atomic E-state index is 11.9. The summed E-state index contributed by atoms with van der Waals surface area (Å²) in [6.07, 6.45) is 0.836. The van der Waals surface area contributed by atoms with Crippen LogP contribution in [-0.4, -0.2) is 31.5 Å². The molecule has 5 nitrogen and oxygen atoms in total. The molecule has 0 radical (unpaired) electrons. The van der Waals surface area contributed by atoms with E-state index in [9.17, 15) is 4.79 Å². The SMILES string of the molecule is COCCCOCCn1c(C)ccc(C#N)c1=O. The van der Waals surface area contributed by atoms with Gasteiger partial charge in [0.2, 0.25) is 0 Å². The van der Waals surface area contributed by atoms with E-state index >= 15 is 0 Å². The van der Waals surface area contributed by atoms with Gasteiger partial charge in [0.05, 0.1) is 6.61 Å². The molecule has 0 aliphatic carbocycles. The van der Waals surface area contributed by atoms with Crippen LogP contribution < -0.4 is 5.56 Å². The monoisotopic (exact) mass is 250 g/mol. The Labute approximate surface area is 107 Å². The number of hydrogen-bond donors (Lipinski definition) is 0. The summed E-state index contributed by atoms with van der Waals surface area (Å²) < 4.78 is 11.9. The Hall–Kier alpha value is -1.64. The summed E-state index contributed by atoms with van der Waals surface area (Å²) in [5.41, 5.74) is 0.748. The maximum Gasteiger partial charge on any atom is 0.268 e. The molecule has 0 unspecified atom stereocenters. The summed E-state index contributed by atoms with van der Waals surface area (Å²) >= 11 is 0. The standard InChI is InChI=1S/C13H18N2O3/c1-11-4-5-12(10-14)13(16)15(11)6-9-18-8-3-7-17-2/h4-5H,3,6-9H2,1-2H3. The molecule has 0 N–H and O–H groups in total. The summed E-state index contributed by atoms with van der Waals surface area (Å²) in [5.74, 6) is 0.